The summed E-state index contributed by atoms with van der Waals surface area (Å²) in [6.07, 6.45) is 9.18. The average Bonchev–Trinajstić information content (AvgIpc) is 2.31. The van der Waals surface area contributed by atoms with E-state index in [0.29, 0.717) is 5.70 Å². The Morgan fingerprint density at radius 3 is 2.79 bits per heavy atom. The normalized spacial score (nSPS) is 20.4. The molecule has 0 atom stereocenters. The molecule has 2 rings (SSSR count). The summed E-state index contributed by atoms with van der Waals surface area (Å²) in [5, 5.41) is 3.01. The first-order valence-corrected chi connectivity index (χ1v) is 5.08. The Morgan fingerprint density at radius 2 is 2.00 bits per heavy atom. The molecular weight excluding hydrogens is 245 g/mol. The third-order valence-electron chi connectivity index (χ3n) is 2.12. The molecule has 0 spiro atoms. The zero-order valence-electron chi connectivity index (χ0n) is 7.64. The average molecular weight is 254 g/mol. The van der Waals surface area contributed by atoms with Crippen LogP contribution in [0.4, 0.5) is 4.39 Å². The lowest BCUT2D eigenvalue weighted by Gasteiger charge is -2.18. The van der Waals surface area contributed by atoms with Crippen LogP contribution in [0.25, 0.3) is 0 Å². The zero-order chi connectivity index (χ0) is 10.1. The Bertz CT molecular complexity index is 425. The number of rotatable bonds is 0. The van der Waals surface area contributed by atoms with Crippen LogP contribution in [0, 0.1) is 0 Å². The molecule has 1 nitrogen and oxygen atoms in total. The van der Waals surface area contributed by atoms with Gasteiger partial charge in [0.25, 0.3) is 0 Å². The maximum absolute atomic E-state index is 13.3. The standard InChI is InChI=1S/C11H9BrFN/c1-7-10(13)6-8-9(12)4-2-3-5-11(8)14-7/h2-6,14H,1H3. The smallest absolute Gasteiger partial charge is 0.142 e. The summed E-state index contributed by atoms with van der Waals surface area (Å²) in [7, 11) is 0. The Morgan fingerprint density at radius 1 is 1.29 bits per heavy atom. The molecule has 72 valence electrons. The van der Waals surface area contributed by atoms with Crippen LogP contribution in [0.15, 0.2) is 57.7 Å². The van der Waals surface area contributed by atoms with E-state index in [-0.39, 0.29) is 5.83 Å². The molecule has 0 unspecified atom stereocenters. The monoisotopic (exact) mass is 253 g/mol. The van der Waals surface area contributed by atoms with Gasteiger partial charge in [0.05, 0.1) is 0 Å². The number of allylic oxidation sites excluding steroid dienone is 8. The summed E-state index contributed by atoms with van der Waals surface area (Å²) >= 11 is 3.40. The Balaban J connectivity index is 2.53. The number of dihydropyridines is 1. The first-order valence-electron chi connectivity index (χ1n) is 4.28. The Labute approximate surface area is 90.5 Å². The van der Waals surface area contributed by atoms with Crippen LogP contribution < -0.4 is 5.32 Å². The van der Waals surface area contributed by atoms with Gasteiger partial charge in [-0.1, -0.05) is 28.1 Å². The first-order chi connectivity index (χ1) is 6.68. The van der Waals surface area contributed by atoms with Crippen molar-refractivity contribution in [3.8, 4) is 0 Å². The highest BCUT2D eigenvalue weighted by molar-refractivity contribution is 9.12. The lowest BCUT2D eigenvalue weighted by molar-refractivity contribution is 0.634. The van der Waals surface area contributed by atoms with Gasteiger partial charge < -0.3 is 5.32 Å². The Kier molecular flexibility index (Phi) is 2.42. The van der Waals surface area contributed by atoms with Crippen LogP contribution in [0.2, 0.25) is 0 Å². The van der Waals surface area contributed by atoms with E-state index in [1.165, 1.54) is 6.08 Å². The second kappa shape index (κ2) is 3.58. The number of hydrogen-bond donors (Lipinski definition) is 1. The van der Waals surface area contributed by atoms with Gasteiger partial charge in [-0.25, -0.2) is 4.39 Å². The van der Waals surface area contributed by atoms with Gasteiger partial charge in [0.1, 0.15) is 5.83 Å². The molecule has 1 N–H and O–H groups in total. The molecule has 3 heteroatoms. The summed E-state index contributed by atoms with van der Waals surface area (Å²) < 4.78 is 14.2. The molecule has 0 saturated heterocycles. The van der Waals surface area contributed by atoms with E-state index in [1.807, 2.05) is 24.3 Å². The zero-order valence-corrected chi connectivity index (χ0v) is 9.23. The molecule has 0 radical (unpaired) electrons. The van der Waals surface area contributed by atoms with Crippen molar-refractivity contribution in [3.63, 3.8) is 0 Å². The van der Waals surface area contributed by atoms with Crippen molar-refractivity contribution in [1.29, 1.82) is 0 Å². The summed E-state index contributed by atoms with van der Waals surface area (Å²) in [5.74, 6) is -0.218. The van der Waals surface area contributed by atoms with E-state index in [9.17, 15) is 4.39 Å². The molecule has 1 aliphatic heterocycles. The van der Waals surface area contributed by atoms with Crippen molar-refractivity contribution in [1.82, 2.24) is 5.32 Å². The van der Waals surface area contributed by atoms with Crippen molar-refractivity contribution in [2.24, 2.45) is 0 Å². The predicted molar refractivity (Wildman–Crippen MR) is 59.3 cm³/mol. The van der Waals surface area contributed by atoms with E-state index in [4.69, 9.17) is 0 Å². The summed E-state index contributed by atoms with van der Waals surface area (Å²) in [6, 6.07) is 0. The van der Waals surface area contributed by atoms with Crippen LogP contribution >= 0.6 is 15.9 Å². The third kappa shape index (κ3) is 1.60. The molecule has 1 heterocycles. The van der Waals surface area contributed by atoms with Gasteiger partial charge in [0.15, 0.2) is 0 Å². The minimum Gasteiger partial charge on any atom is -0.356 e. The van der Waals surface area contributed by atoms with Gasteiger partial charge in [0, 0.05) is 21.4 Å². The van der Waals surface area contributed by atoms with Crippen LogP contribution in [0.1, 0.15) is 6.92 Å². The van der Waals surface area contributed by atoms with Gasteiger partial charge >= 0.3 is 0 Å². The summed E-state index contributed by atoms with van der Waals surface area (Å²) in [6.45, 7) is 1.72. The molecule has 0 aromatic carbocycles. The van der Waals surface area contributed by atoms with Crippen LogP contribution in [-0.2, 0) is 0 Å². The molecule has 1 aliphatic carbocycles. The maximum Gasteiger partial charge on any atom is 0.142 e. The highest BCUT2D eigenvalue weighted by atomic mass is 79.9. The SMILES string of the molecule is CC1=C(F)C=C2C(Br)=CC=CC=C2N1. The topological polar surface area (TPSA) is 12.0 Å². The number of hydrogen-bond acceptors (Lipinski definition) is 1. The highest BCUT2D eigenvalue weighted by Gasteiger charge is 2.16. The highest BCUT2D eigenvalue weighted by Crippen LogP contribution is 2.31. The summed E-state index contributed by atoms with van der Waals surface area (Å²) in [5.41, 5.74) is 2.31. The fourth-order valence-electron chi connectivity index (χ4n) is 1.35. The quantitative estimate of drug-likeness (QED) is 0.698. The van der Waals surface area contributed by atoms with Crippen molar-refractivity contribution >= 4 is 15.9 Å². The number of halogens is 2. The van der Waals surface area contributed by atoms with Gasteiger partial charge in [-0.3, -0.25) is 0 Å². The molecule has 0 saturated carbocycles. The van der Waals surface area contributed by atoms with Gasteiger partial charge in [-0.2, -0.15) is 0 Å². The predicted octanol–water partition coefficient (Wildman–Crippen LogP) is 3.45. The van der Waals surface area contributed by atoms with Gasteiger partial charge in [-0.15, -0.1) is 0 Å². The van der Waals surface area contributed by atoms with Crippen LogP contribution in [0.3, 0.4) is 0 Å². The van der Waals surface area contributed by atoms with Crippen molar-refractivity contribution < 1.29 is 4.39 Å². The van der Waals surface area contributed by atoms with Crippen molar-refractivity contribution in [3.05, 3.63) is 57.7 Å². The molecule has 2 aliphatic rings. The van der Waals surface area contributed by atoms with Crippen molar-refractivity contribution in [2.75, 3.05) is 0 Å². The van der Waals surface area contributed by atoms with Crippen LogP contribution in [0.5, 0.6) is 0 Å². The lowest BCUT2D eigenvalue weighted by atomic mass is 10.1. The maximum atomic E-state index is 13.3. The third-order valence-corrected chi connectivity index (χ3v) is 2.81. The van der Waals surface area contributed by atoms with Crippen LogP contribution in [-0.4, -0.2) is 0 Å². The minimum atomic E-state index is -0.218. The van der Waals surface area contributed by atoms with Crippen molar-refractivity contribution in [2.45, 2.75) is 6.92 Å². The number of fused-ring (bicyclic) bond motifs is 1. The second-order valence-electron chi connectivity index (χ2n) is 3.14. The molecule has 0 aromatic heterocycles. The molecule has 14 heavy (non-hydrogen) atoms. The van der Waals surface area contributed by atoms with E-state index in [0.717, 1.165) is 15.8 Å². The largest absolute Gasteiger partial charge is 0.356 e. The number of nitrogens with one attached hydrogen (secondary N) is 1. The van der Waals surface area contributed by atoms with E-state index in [1.54, 1.807) is 6.92 Å². The fraction of sp³-hybridized carbons (Fsp3) is 0.0909. The molecule has 0 aromatic rings. The Hall–Kier alpha value is -1.09. The fourth-order valence-corrected chi connectivity index (χ4v) is 1.83. The molecule has 0 amide bonds. The van der Waals surface area contributed by atoms with E-state index >= 15 is 0 Å². The molecular formula is C11H9BrFN. The first kappa shape index (κ1) is 9.46. The van der Waals surface area contributed by atoms with E-state index in [2.05, 4.69) is 21.2 Å². The molecule has 0 fully saturated rings. The van der Waals surface area contributed by atoms with Gasteiger partial charge in [-0.05, 0) is 25.2 Å². The second-order valence-corrected chi connectivity index (χ2v) is 3.99. The lowest BCUT2D eigenvalue weighted by Crippen LogP contribution is -2.17. The summed E-state index contributed by atoms with van der Waals surface area (Å²) in [4.78, 5) is 0. The minimum absolute atomic E-state index is 0.218. The van der Waals surface area contributed by atoms with E-state index < -0.39 is 0 Å². The van der Waals surface area contributed by atoms with Gasteiger partial charge in [0.2, 0.25) is 0 Å². The molecule has 0 bridgehead atoms.